The number of hydrogen-bond acceptors (Lipinski definition) is 8. The Morgan fingerprint density at radius 2 is 1.50 bits per heavy atom. The molecule has 2 N–H and O–H groups in total. The number of esters is 2. The molecule has 32 heavy (non-hydrogen) atoms. The van der Waals surface area contributed by atoms with Crippen LogP contribution < -0.4 is 0 Å². The van der Waals surface area contributed by atoms with Crippen molar-refractivity contribution in [2.75, 3.05) is 0 Å². The topological polar surface area (TPSA) is 168 Å². The Balaban J connectivity index is 1.96. The number of carbonyl (C=O) groups excluding carboxylic acids is 2. The van der Waals surface area contributed by atoms with Gasteiger partial charge >= 0.3 is 17.9 Å². The van der Waals surface area contributed by atoms with Crippen molar-refractivity contribution in [1.29, 1.82) is 0 Å². The highest BCUT2D eigenvalue weighted by Crippen LogP contribution is 2.35. The Hall–Kier alpha value is -3.92. The summed E-state index contributed by atoms with van der Waals surface area (Å²) in [5.41, 5.74) is 9.29. The standard InChI is InChI=1S/C21H19N3O8/c1-21(29)17(31-20(28)13-10-6-3-7-11-13)14(23-24-22)15(16(32-21)18(25)26)30-19(27)12-8-4-2-5-9-12/h2-11,14-17,29H,1H3,(H,25,26)/t14-,15-,16-,17+,21+/m0/s1. The van der Waals surface area contributed by atoms with Crippen molar-refractivity contribution >= 4 is 17.9 Å². The lowest BCUT2D eigenvalue weighted by atomic mass is 9.90. The molecule has 1 aliphatic rings. The Labute approximate surface area is 181 Å². The van der Waals surface area contributed by atoms with E-state index >= 15 is 0 Å². The smallest absolute Gasteiger partial charge is 0.338 e. The normalized spacial score (nSPS) is 26.9. The zero-order valence-electron chi connectivity index (χ0n) is 16.8. The second-order valence-electron chi connectivity index (χ2n) is 7.05. The minimum absolute atomic E-state index is 0.103. The zero-order valence-corrected chi connectivity index (χ0v) is 16.8. The Morgan fingerprint density at radius 3 is 1.97 bits per heavy atom. The van der Waals surface area contributed by atoms with Gasteiger partial charge in [-0.3, -0.25) is 0 Å². The number of aliphatic carboxylic acids is 1. The summed E-state index contributed by atoms with van der Waals surface area (Å²) in [6, 6.07) is 13.8. The van der Waals surface area contributed by atoms with Gasteiger partial charge in [-0.2, -0.15) is 0 Å². The molecular weight excluding hydrogens is 422 g/mol. The van der Waals surface area contributed by atoms with Gasteiger partial charge in [0.2, 0.25) is 5.79 Å². The second kappa shape index (κ2) is 9.48. The van der Waals surface area contributed by atoms with Crippen LogP contribution in [0.1, 0.15) is 27.6 Å². The summed E-state index contributed by atoms with van der Waals surface area (Å²) in [6.07, 6.45) is -5.29. The van der Waals surface area contributed by atoms with Crippen LogP contribution in [0, 0.1) is 0 Å². The first kappa shape index (κ1) is 22.8. The summed E-state index contributed by atoms with van der Waals surface area (Å²) in [6.45, 7) is 1.06. The van der Waals surface area contributed by atoms with Crippen LogP contribution in [0.25, 0.3) is 10.4 Å². The maximum Gasteiger partial charge on any atom is 0.338 e. The molecular formula is C21H19N3O8. The third-order valence-electron chi connectivity index (χ3n) is 4.76. The first-order chi connectivity index (χ1) is 15.2. The van der Waals surface area contributed by atoms with Crippen LogP contribution in [0.15, 0.2) is 65.8 Å². The maximum absolute atomic E-state index is 12.6. The molecule has 2 aromatic carbocycles. The van der Waals surface area contributed by atoms with Crippen LogP contribution in [-0.4, -0.2) is 58.3 Å². The molecule has 11 nitrogen and oxygen atoms in total. The molecule has 0 saturated carbocycles. The molecule has 0 unspecified atom stereocenters. The maximum atomic E-state index is 12.6. The van der Waals surface area contributed by atoms with Crippen LogP contribution >= 0.6 is 0 Å². The van der Waals surface area contributed by atoms with Gasteiger partial charge in [0, 0.05) is 4.91 Å². The van der Waals surface area contributed by atoms with Crippen molar-refractivity contribution in [2.45, 2.75) is 37.1 Å². The number of ether oxygens (including phenoxy) is 3. The number of carboxylic acid groups (broad SMARTS) is 1. The van der Waals surface area contributed by atoms with Crippen molar-refractivity contribution in [3.63, 3.8) is 0 Å². The van der Waals surface area contributed by atoms with E-state index in [9.17, 15) is 24.6 Å². The van der Waals surface area contributed by atoms with E-state index in [0.29, 0.717) is 0 Å². The van der Waals surface area contributed by atoms with Gasteiger partial charge in [0.1, 0.15) is 6.04 Å². The SMILES string of the molecule is C[C@@]1(O)O[C@H](C(=O)O)[C@@H](OC(=O)c2ccccc2)[C@H](N=[N+]=[N-])[C@H]1OC(=O)c1ccccc1. The molecule has 1 saturated heterocycles. The fraction of sp³-hybridized carbons (Fsp3) is 0.286. The molecule has 0 amide bonds. The lowest BCUT2D eigenvalue weighted by Crippen LogP contribution is -2.66. The zero-order chi connectivity index (χ0) is 23.3. The van der Waals surface area contributed by atoms with E-state index in [4.69, 9.17) is 19.7 Å². The minimum Gasteiger partial charge on any atom is -0.479 e. The summed E-state index contributed by atoms with van der Waals surface area (Å²) in [5, 5.41) is 23.8. The third kappa shape index (κ3) is 4.86. The van der Waals surface area contributed by atoms with E-state index in [1.807, 2.05) is 0 Å². The number of nitrogens with zero attached hydrogens (tertiary/aromatic N) is 3. The minimum atomic E-state index is -2.37. The summed E-state index contributed by atoms with van der Waals surface area (Å²) >= 11 is 0. The molecule has 0 bridgehead atoms. The van der Waals surface area contributed by atoms with Crippen LogP contribution in [0.4, 0.5) is 0 Å². The lowest BCUT2D eigenvalue weighted by molar-refractivity contribution is -0.310. The van der Waals surface area contributed by atoms with E-state index in [1.54, 1.807) is 36.4 Å². The molecule has 0 aromatic heterocycles. The van der Waals surface area contributed by atoms with Crippen LogP contribution in [-0.2, 0) is 19.0 Å². The number of rotatable bonds is 6. The van der Waals surface area contributed by atoms with Gasteiger partial charge in [0.05, 0.1) is 11.1 Å². The van der Waals surface area contributed by atoms with Gasteiger partial charge < -0.3 is 24.4 Å². The summed E-state index contributed by atoms with van der Waals surface area (Å²) in [4.78, 5) is 39.6. The summed E-state index contributed by atoms with van der Waals surface area (Å²) in [5.74, 6) is -5.76. The van der Waals surface area contributed by atoms with Crippen LogP contribution in [0.5, 0.6) is 0 Å². The van der Waals surface area contributed by atoms with E-state index < -0.39 is 48.0 Å². The van der Waals surface area contributed by atoms with Gasteiger partial charge in [-0.15, -0.1) is 0 Å². The number of azide groups is 1. The molecule has 0 radical (unpaired) electrons. The van der Waals surface area contributed by atoms with Crippen LogP contribution in [0.2, 0.25) is 0 Å². The molecule has 1 aliphatic heterocycles. The third-order valence-corrected chi connectivity index (χ3v) is 4.76. The van der Waals surface area contributed by atoms with Crippen LogP contribution in [0.3, 0.4) is 0 Å². The Kier molecular flexibility index (Phi) is 6.74. The summed E-state index contributed by atoms with van der Waals surface area (Å²) < 4.78 is 15.9. The molecule has 5 atom stereocenters. The highest BCUT2D eigenvalue weighted by atomic mass is 16.7. The summed E-state index contributed by atoms with van der Waals surface area (Å²) in [7, 11) is 0. The Bertz CT molecular complexity index is 1040. The fourth-order valence-electron chi connectivity index (χ4n) is 3.27. The molecule has 1 heterocycles. The predicted molar refractivity (Wildman–Crippen MR) is 107 cm³/mol. The van der Waals surface area contributed by atoms with Crippen molar-refractivity contribution in [2.24, 2.45) is 5.11 Å². The van der Waals surface area contributed by atoms with E-state index in [1.165, 1.54) is 24.3 Å². The van der Waals surface area contributed by atoms with E-state index in [2.05, 4.69) is 10.0 Å². The first-order valence-electron chi connectivity index (χ1n) is 9.44. The fourth-order valence-corrected chi connectivity index (χ4v) is 3.27. The van der Waals surface area contributed by atoms with Crippen molar-refractivity contribution in [3.8, 4) is 0 Å². The highest BCUT2D eigenvalue weighted by Gasteiger charge is 2.57. The largest absolute Gasteiger partial charge is 0.479 e. The lowest BCUT2D eigenvalue weighted by Gasteiger charge is -2.45. The van der Waals surface area contributed by atoms with Crippen molar-refractivity contribution < 1.29 is 38.8 Å². The number of hydrogen-bond donors (Lipinski definition) is 2. The molecule has 0 aliphatic carbocycles. The molecule has 0 spiro atoms. The second-order valence-corrected chi connectivity index (χ2v) is 7.05. The van der Waals surface area contributed by atoms with Crippen molar-refractivity contribution in [1.82, 2.24) is 0 Å². The van der Waals surface area contributed by atoms with Gasteiger partial charge in [-0.25, -0.2) is 14.4 Å². The van der Waals surface area contributed by atoms with E-state index in [-0.39, 0.29) is 11.1 Å². The molecule has 166 valence electrons. The van der Waals surface area contributed by atoms with Gasteiger partial charge in [-0.05, 0) is 36.7 Å². The molecule has 1 fully saturated rings. The van der Waals surface area contributed by atoms with E-state index in [0.717, 1.165) is 6.92 Å². The van der Waals surface area contributed by atoms with Gasteiger partial charge in [-0.1, -0.05) is 41.5 Å². The highest BCUT2D eigenvalue weighted by molar-refractivity contribution is 5.90. The average molecular weight is 441 g/mol. The van der Waals surface area contributed by atoms with Gasteiger partial charge in [0.25, 0.3) is 0 Å². The average Bonchev–Trinajstić information content (AvgIpc) is 2.78. The molecule has 11 heteroatoms. The monoisotopic (exact) mass is 441 g/mol. The van der Waals surface area contributed by atoms with Crippen molar-refractivity contribution in [3.05, 3.63) is 82.2 Å². The molecule has 2 aromatic rings. The predicted octanol–water partition coefficient (Wildman–Crippen LogP) is 2.31. The quantitative estimate of drug-likeness (QED) is 0.298. The number of aliphatic hydroxyl groups is 1. The Morgan fingerprint density at radius 1 is 1.00 bits per heavy atom. The number of carbonyl (C=O) groups is 3. The van der Waals surface area contributed by atoms with Gasteiger partial charge in [0.15, 0.2) is 18.3 Å². The first-order valence-corrected chi connectivity index (χ1v) is 9.44. The number of benzene rings is 2. The number of carboxylic acids is 1. The molecule has 3 rings (SSSR count).